The molecule has 29 heteroatoms. The van der Waals surface area contributed by atoms with Gasteiger partial charge in [-0.15, -0.1) is 0 Å². The summed E-state index contributed by atoms with van der Waals surface area (Å²) in [5.41, 5.74) is 15.1. The number of nitro groups is 5. The Morgan fingerprint density at radius 1 is 0.338 bits per heavy atom. The maximum atomic E-state index is 13.2. The molecule has 11 aromatic carbocycles. The molecular formula is C101H92N14O15. The zero-order valence-corrected chi connectivity index (χ0v) is 71.3. The standard InChI is InChI=1S/C22H17N3O3.C21H20N2O3.C20H20N4O3.C20H19N3O3.C18H16N2O3/c26-22(23-14-15-7-3-1-4-8-15)21-20(16-9-5-2-6-10-16)18-13-17(25(27)28)11-12-19(18)24-21;24-19(12-14-6-4-5-7-14)21-20(15-8-2-1-3-9-15)17-13-16(23(25)26)10-11-18(17)22-21;1-22-9-11-23(12-10-22)20(25)19-18(14-5-3-2-4-6-14)16-13-15(24(26)27)7-8-17(16)21-19;24-20(22-11-5-2-6-12-22)19-18(14-7-3-1-4-8-14)16-13-15(23(25)26)9-10-17(16)21-19;1-2-6-16(21)18-17(12-7-4-3-5-8-12)14-11-13(20(22)23)9-10-15(14)19-18/h1-13,24H,14H2,(H,23,26);1-3,8-11,13-14,22H,4-7,12H2;2-8,13,21H,9-12H2,1H3;1,3-4,7-10,13,21H,2,5-6,11-12H2;3-5,7-11,19H,2,6H2,1H3. The van der Waals surface area contributed by atoms with Gasteiger partial charge >= 0.3 is 0 Å². The lowest BCUT2D eigenvalue weighted by atomic mass is 9.95. The zero-order valence-electron chi connectivity index (χ0n) is 71.3. The molecule has 3 amide bonds. The summed E-state index contributed by atoms with van der Waals surface area (Å²) in [5.74, 6) is 0.191. The van der Waals surface area contributed by atoms with Crippen LogP contribution in [0.2, 0.25) is 0 Å². The molecule has 19 rings (SSSR count). The number of likely N-dealkylation sites (tertiary alicyclic amines) is 1. The van der Waals surface area contributed by atoms with Crippen molar-refractivity contribution in [2.24, 2.45) is 5.92 Å². The van der Waals surface area contributed by atoms with E-state index >= 15 is 0 Å². The Bertz CT molecular complexity index is 6890. The van der Waals surface area contributed by atoms with Crippen molar-refractivity contribution in [3.63, 3.8) is 0 Å². The molecule has 2 saturated heterocycles. The molecule has 5 aromatic heterocycles. The second-order valence-electron chi connectivity index (χ2n) is 32.2. The van der Waals surface area contributed by atoms with Crippen molar-refractivity contribution in [1.29, 1.82) is 0 Å². The summed E-state index contributed by atoms with van der Waals surface area (Å²) in [7, 11) is 2.04. The average Bonchev–Trinajstić information content (AvgIpc) is 1.63. The molecular weight excluding hydrogens is 1650 g/mol. The highest BCUT2D eigenvalue weighted by Gasteiger charge is 2.32. The molecule has 3 aliphatic rings. The first kappa shape index (κ1) is 88.7. The number of H-pyrrole nitrogens is 5. The number of piperazine rings is 1. The van der Waals surface area contributed by atoms with E-state index in [1.165, 1.54) is 61.4 Å². The Labute approximate surface area is 744 Å². The molecule has 29 nitrogen and oxygen atoms in total. The molecule has 0 spiro atoms. The number of rotatable bonds is 21. The summed E-state index contributed by atoms with van der Waals surface area (Å²) in [6.45, 7) is 6.84. The molecule has 0 bridgehead atoms. The lowest BCUT2D eigenvalue weighted by molar-refractivity contribution is -0.384. The third kappa shape index (κ3) is 20.0. The molecule has 2 aliphatic heterocycles. The van der Waals surface area contributed by atoms with Gasteiger partial charge in [-0.1, -0.05) is 215 Å². The SMILES string of the molecule is CCCC(=O)c1[nH]c2ccc([N+](=O)[O-])cc2c1-c1ccccc1.CN1CCN(C(=O)c2[nH]c3ccc([N+](=O)[O-])cc3c2-c2ccccc2)CC1.O=C(CC1CCCC1)c1[nH]c2ccc([N+](=O)[O-])cc2c1-c1ccccc1.O=C(NCc1ccccc1)c1[nH]c2ccc([N+](=O)[O-])cc2c1-c1ccccc1.O=C(c1[nH]c2ccc([N+](=O)[O-])cc2c1-c1ccccc1)N1CCCCC1. The van der Waals surface area contributed by atoms with E-state index in [9.17, 15) is 74.5 Å². The van der Waals surface area contributed by atoms with Crippen LogP contribution in [-0.4, -0.2) is 140 Å². The van der Waals surface area contributed by atoms with Gasteiger partial charge in [-0.05, 0) is 102 Å². The number of piperidine rings is 1. The number of aromatic amines is 5. The van der Waals surface area contributed by atoms with Gasteiger partial charge in [-0.3, -0.25) is 74.5 Å². The van der Waals surface area contributed by atoms with Crippen LogP contribution in [0.1, 0.15) is 129 Å². The van der Waals surface area contributed by atoms with Crippen LogP contribution >= 0.6 is 0 Å². The highest BCUT2D eigenvalue weighted by atomic mass is 16.6. The first-order chi connectivity index (χ1) is 63.1. The number of nitrogens with one attached hydrogen (secondary N) is 6. The van der Waals surface area contributed by atoms with E-state index in [-0.39, 0.29) is 57.7 Å². The second-order valence-corrected chi connectivity index (χ2v) is 32.2. The van der Waals surface area contributed by atoms with Crippen LogP contribution in [-0.2, 0) is 6.54 Å². The molecule has 3 fully saturated rings. The second kappa shape index (κ2) is 40.4. The minimum absolute atomic E-state index is 0.0114. The predicted molar refractivity (Wildman–Crippen MR) is 503 cm³/mol. The molecule has 6 N–H and O–H groups in total. The first-order valence-corrected chi connectivity index (χ1v) is 43.0. The minimum Gasteiger partial charge on any atom is -0.352 e. The van der Waals surface area contributed by atoms with E-state index in [0.717, 1.165) is 148 Å². The van der Waals surface area contributed by atoms with E-state index in [2.05, 4.69) is 35.1 Å². The van der Waals surface area contributed by atoms with Crippen molar-refractivity contribution in [1.82, 2.24) is 44.9 Å². The molecule has 7 heterocycles. The van der Waals surface area contributed by atoms with Gasteiger partial charge in [0.1, 0.15) is 17.1 Å². The summed E-state index contributed by atoms with van der Waals surface area (Å²) >= 11 is 0. The van der Waals surface area contributed by atoms with Crippen LogP contribution in [0.25, 0.3) is 110 Å². The van der Waals surface area contributed by atoms with E-state index in [4.69, 9.17) is 0 Å². The largest absolute Gasteiger partial charge is 0.352 e. The van der Waals surface area contributed by atoms with Gasteiger partial charge in [0.25, 0.3) is 46.2 Å². The summed E-state index contributed by atoms with van der Waals surface area (Å²) in [4.78, 5) is 140. The third-order valence-corrected chi connectivity index (χ3v) is 23.6. The van der Waals surface area contributed by atoms with E-state index < -0.39 is 24.6 Å². The summed E-state index contributed by atoms with van der Waals surface area (Å²) in [5, 5.41) is 62.3. The molecule has 16 aromatic rings. The van der Waals surface area contributed by atoms with Crippen molar-refractivity contribution >= 4 is 112 Å². The maximum absolute atomic E-state index is 13.2. The number of amides is 3. The number of likely N-dealkylation sites (N-methyl/N-ethyl adjacent to an activating group) is 1. The molecule has 656 valence electrons. The number of non-ortho nitro benzene ring substituents is 5. The Morgan fingerprint density at radius 2 is 0.623 bits per heavy atom. The molecule has 1 aliphatic carbocycles. The van der Waals surface area contributed by atoms with Crippen LogP contribution in [0.15, 0.2) is 273 Å². The molecule has 0 radical (unpaired) electrons. The normalized spacial score (nSPS) is 13.2. The van der Waals surface area contributed by atoms with Crippen molar-refractivity contribution < 1.29 is 48.6 Å². The van der Waals surface area contributed by atoms with Gasteiger partial charge in [-0.2, -0.15) is 0 Å². The van der Waals surface area contributed by atoms with Gasteiger partial charge in [0.15, 0.2) is 11.6 Å². The van der Waals surface area contributed by atoms with E-state index in [0.29, 0.717) is 99.5 Å². The van der Waals surface area contributed by atoms with Crippen LogP contribution < -0.4 is 5.32 Å². The van der Waals surface area contributed by atoms with Crippen LogP contribution in [0.4, 0.5) is 28.4 Å². The highest BCUT2D eigenvalue weighted by molar-refractivity contribution is 6.15. The monoisotopic (exact) mass is 1740 g/mol. The van der Waals surface area contributed by atoms with Gasteiger partial charge < -0.3 is 44.9 Å². The predicted octanol–water partition coefficient (Wildman–Crippen LogP) is 22.4. The van der Waals surface area contributed by atoms with E-state index in [1.54, 1.807) is 42.5 Å². The smallest absolute Gasteiger partial charge is 0.271 e. The number of nitro benzene ring substituents is 5. The van der Waals surface area contributed by atoms with Gasteiger partial charge in [0.2, 0.25) is 0 Å². The van der Waals surface area contributed by atoms with Crippen LogP contribution in [0.5, 0.6) is 0 Å². The lowest BCUT2D eigenvalue weighted by Crippen LogP contribution is -2.47. The average molecular weight is 1740 g/mol. The fraction of sp³-hybridized carbons (Fsp3) is 0.198. The molecule has 0 unspecified atom stereocenters. The number of carbonyl (C=O) groups excluding carboxylic acids is 5. The minimum atomic E-state index is -0.434. The number of fused-ring (bicyclic) bond motifs is 5. The first-order valence-electron chi connectivity index (χ1n) is 43.0. The number of nitrogens with zero attached hydrogens (tertiary/aromatic N) is 8. The number of hydrogen-bond acceptors (Lipinski definition) is 16. The number of benzene rings is 11. The number of ketones is 2. The quantitative estimate of drug-likeness (QED) is 0.0221. The molecule has 0 atom stereocenters. The van der Waals surface area contributed by atoms with Crippen molar-refractivity contribution in [3.8, 4) is 55.6 Å². The van der Waals surface area contributed by atoms with Crippen molar-refractivity contribution in [3.05, 3.63) is 358 Å². The number of Topliss-reactive ketones (excluding diaryl/α,β-unsaturated/α-hetero) is 2. The van der Waals surface area contributed by atoms with Crippen LogP contribution in [0, 0.1) is 56.5 Å². The highest BCUT2D eigenvalue weighted by Crippen LogP contribution is 2.42. The maximum Gasteiger partial charge on any atom is 0.271 e. The number of hydrogen-bond donors (Lipinski definition) is 6. The van der Waals surface area contributed by atoms with Crippen molar-refractivity contribution in [2.45, 2.75) is 77.7 Å². The van der Waals surface area contributed by atoms with Crippen LogP contribution in [0.3, 0.4) is 0 Å². The summed E-state index contributed by atoms with van der Waals surface area (Å²) in [6.07, 6.45) is 9.51. The Kier molecular flexibility index (Phi) is 27.6. The number of carbonyl (C=O) groups is 5. The van der Waals surface area contributed by atoms with Gasteiger partial charge in [-0.25, -0.2) is 0 Å². The Balaban J connectivity index is 0.000000125. The third-order valence-electron chi connectivity index (χ3n) is 23.6. The fourth-order valence-corrected chi connectivity index (χ4v) is 17.1. The number of aromatic nitrogens is 5. The zero-order chi connectivity index (χ0) is 91.1. The Morgan fingerprint density at radius 3 is 0.946 bits per heavy atom. The summed E-state index contributed by atoms with van der Waals surface area (Å²) < 4.78 is 0. The molecule has 130 heavy (non-hydrogen) atoms. The topological polar surface area (TPSA) is 402 Å². The lowest BCUT2D eigenvalue weighted by Gasteiger charge is -2.32. The van der Waals surface area contributed by atoms with E-state index in [1.807, 2.05) is 206 Å². The Hall–Kier alpha value is -16.2. The van der Waals surface area contributed by atoms with Crippen molar-refractivity contribution in [2.75, 3.05) is 46.3 Å². The summed E-state index contributed by atoms with van der Waals surface area (Å²) in [6, 6.07) is 80.5. The molecule has 1 saturated carbocycles. The fourth-order valence-electron chi connectivity index (χ4n) is 17.1. The van der Waals surface area contributed by atoms with Gasteiger partial charge in [0.05, 0.1) is 36.0 Å². The van der Waals surface area contributed by atoms with Gasteiger partial charge in [0, 0.05) is 202 Å².